The molecule has 1 heterocycles. The van der Waals surface area contributed by atoms with E-state index in [1.807, 2.05) is 6.92 Å². The summed E-state index contributed by atoms with van der Waals surface area (Å²) in [6, 6.07) is 0. The molecule has 0 aromatic heterocycles. The molecule has 2 rings (SSSR count). The maximum absolute atomic E-state index is 11.9. The zero-order chi connectivity index (χ0) is 10.7. The SMILES string of the molecule is CCN=C1NC(=O)C2(CCCCCC2)N1. The summed E-state index contributed by atoms with van der Waals surface area (Å²) in [5, 5.41) is 6.13. The summed E-state index contributed by atoms with van der Waals surface area (Å²) in [4.78, 5) is 16.2. The van der Waals surface area contributed by atoms with Gasteiger partial charge < -0.3 is 5.32 Å². The van der Waals surface area contributed by atoms with Crippen molar-refractivity contribution in [3.05, 3.63) is 0 Å². The van der Waals surface area contributed by atoms with E-state index < -0.39 is 0 Å². The van der Waals surface area contributed by atoms with Crippen LogP contribution in [0.4, 0.5) is 0 Å². The fourth-order valence-corrected chi connectivity index (χ4v) is 2.46. The van der Waals surface area contributed by atoms with E-state index in [0.29, 0.717) is 12.5 Å². The molecule has 1 saturated heterocycles. The molecule has 15 heavy (non-hydrogen) atoms. The van der Waals surface area contributed by atoms with Crippen molar-refractivity contribution >= 4 is 11.9 Å². The predicted octanol–water partition coefficient (Wildman–Crippen LogP) is 1.17. The van der Waals surface area contributed by atoms with Crippen LogP contribution in [0.5, 0.6) is 0 Å². The summed E-state index contributed by atoms with van der Waals surface area (Å²) >= 11 is 0. The van der Waals surface area contributed by atoms with E-state index in [0.717, 1.165) is 25.7 Å². The molecule has 1 aliphatic carbocycles. The van der Waals surface area contributed by atoms with Gasteiger partial charge in [-0.3, -0.25) is 15.1 Å². The summed E-state index contributed by atoms with van der Waals surface area (Å²) < 4.78 is 0. The predicted molar refractivity (Wildman–Crippen MR) is 59.7 cm³/mol. The van der Waals surface area contributed by atoms with Crippen molar-refractivity contribution in [1.29, 1.82) is 0 Å². The van der Waals surface area contributed by atoms with E-state index in [4.69, 9.17) is 0 Å². The van der Waals surface area contributed by atoms with Gasteiger partial charge in [-0.05, 0) is 19.8 Å². The second-order valence-electron chi connectivity index (χ2n) is 4.40. The molecule has 1 aliphatic heterocycles. The molecular weight excluding hydrogens is 190 g/mol. The van der Waals surface area contributed by atoms with E-state index in [1.165, 1.54) is 12.8 Å². The third-order valence-electron chi connectivity index (χ3n) is 3.30. The van der Waals surface area contributed by atoms with Gasteiger partial charge >= 0.3 is 0 Å². The fourth-order valence-electron chi connectivity index (χ4n) is 2.46. The largest absolute Gasteiger partial charge is 0.342 e. The smallest absolute Gasteiger partial charge is 0.252 e. The summed E-state index contributed by atoms with van der Waals surface area (Å²) in [5.41, 5.74) is -0.343. The first-order chi connectivity index (χ1) is 7.27. The summed E-state index contributed by atoms with van der Waals surface area (Å²) in [6.07, 6.45) is 6.66. The van der Waals surface area contributed by atoms with Gasteiger partial charge in [0.1, 0.15) is 5.54 Å². The molecule has 0 unspecified atom stereocenters. The van der Waals surface area contributed by atoms with E-state index in [-0.39, 0.29) is 11.4 Å². The highest BCUT2D eigenvalue weighted by atomic mass is 16.2. The van der Waals surface area contributed by atoms with Crippen LogP contribution in [0.1, 0.15) is 45.4 Å². The minimum atomic E-state index is -0.343. The molecule has 4 nitrogen and oxygen atoms in total. The van der Waals surface area contributed by atoms with Crippen molar-refractivity contribution in [3.63, 3.8) is 0 Å². The Hall–Kier alpha value is -1.06. The number of nitrogens with zero attached hydrogens (tertiary/aromatic N) is 1. The Balaban J connectivity index is 2.13. The Bertz CT molecular complexity index is 278. The fraction of sp³-hybridized carbons (Fsp3) is 0.818. The highest BCUT2D eigenvalue weighted by molar-refractivity contribution is 6.09. The third kappa shape index (κ3) is 1.98. The van der Waals surface area contributed by atoms with Crippen LogP contribution in [0.25, 0.3) is 0 Å². The summed E-state index contributed by atoms with van der Waals surface area (Å²) in [6.45, 7) is 2.68. The lowest BCUT2D eigenvalue weighted by atomic mass is 9.91. The summed E-state index contributed by atoms with van der Waals surface area (Å²) in [5.74, 6) is 0.793. The first-order valence-corrected chi connectivity index (χ1v) is 5.91. The lowest BCUT2D eigenvalue weighted by Crippen LogP contribution is -2.46. The Morgan fingerprint density at radius 2 is 1.93 bits per heavy atom. The van der Waals surface area contributed by atoms with Gasteiger partial charge in [0.15, 0.2) is 5.96 Å². The van der Waals surface area contributed by atoms with Crippen molar-refractivity contribution < 1.29 is 4.79 Å². The topological polar surface area (TPSA) is 53.5 Å². The van der Waals surface area contributed by atoms with Gasteiger partial charge in [-0.1, -0.05) is 25.7 Å². The van der Waals surface area contributed by atoms with Crippen molar-refractivity contribution in [3.8, 4) is 0 Å². The van der Waals surface area contributed by atoms with Crippen LogP contribution in [-0.4, -0.2) is 24.0 Å². The van der Waals surface area contributed by atoms with Crippen molar-refractivity contribution in [2.24, 2.45) is 4.99 Å². The van der Waals surface area contributed by atoms with E-state index in [2.05, 4.69) is 15.6 Å². The van der Waals surface area contributed by atoms with Gasteiger partial charge in [0, 0.05) is 6.54 Å². The van der Waals surface area contributed by atoms with E-state index in [9.17, 15) is 4.79 Å². The highest BCUT2D eigenvalue weighted by Gasteiger charge is 2.44. The molecule has 1 saturated carbocycles. The Morgan fingerprint density at radius 1 is 1.27 bits per heavy atom. The van der Waals surface area contributed by atoms with Gasteiger partial charge in [-0.25, -0.2) is 0 Å². The molecular formula is C11H19N3O. The van der Waals surface area contributed by atoms with Crippen molar-refractivity contribution in [2.45, 2.75) is 51.0 Å². The van der Waals surface area contributed by atoms with E-state index in [1.54, 1.807) is 0 Å². The number of hydrogen-bond donors (Lipinski definition) is 2. The normalized spacial score (nSPS) is 27.5. The van der Waals surface area contributed by atoms with E-state index >= 15 is 0 Å². The number of amides is 1. The molecule has 2 N–H and O–H groups in total. The number of hydrogen-bond acceptors (Lipinski definition) is 2. The second kappa shape index (κ2) is 4.21. The van der Waals surface area contributed by atoms with Gasteiger partial charge in [0.05, 0.1) is 0 Å². The monoisotopic (exact) mass is 209 g/mol. The zero-order valence-corrected chi connectivity index (χ0v) is 9.31. The molecule has 0 radical (unpaired) electrons. The lowest BCUT2D eigenvalue weighted by Gasteiger charge is -2.24. The number of nitrogens with one attached hydrogen (secondary N) is 2. The minimum Gasteiger partial charge on any atom is -0.342 e. The second-order valence-corrected chi connectivity index (χ2v) is 4.40. The molecule has 2 fully saturated rings. The Morgan fingerprint density at radius 3 is 2.53 bits per heavy atom. The first-order valence-electron chi connectivity index (χ1n) is 5.91. The number of aliphatic imine (C=N–C) groups is 1. The molecule has 4 heteroatoms. The van der Waals surface area contributed by atoms with Crippen LogP contribution >= 0.6 is 0 Å². The van der Waals surface area contributed by atoms with Crippen LogP contribution in [0.2, 0.25) is 0 Å². The number of guanidine groups is 1. The number of carbonyl (C=O) groups excluding carboxylic acids is 1. The van der Waals surface area contributed by atoms with Gasteiger partial charge in [-0.2, -0.15) is 0 Å². The minimum absolute atomic E-state index is 0.122. The van der Waals surface area contributed by atoms with Crippen molar-refractivity contribution in [1.82, 2.24) is 10.6 Å². The number of carbonyl (C=O) groups is 1. The molecule has 1 amide bonds. The average molecular weight is 209 g/mol. The standard InChI is InChI=1S/C11H19N3O/c1-2-12-10-13-9(15)11(14-10)7-5-3-4-6-8-11/h2-8H2,1H3,(H2,12,13,14,15). The van der Waals surface area contributed by atoms with Crippen LogP contribution in [0.15, 0.2) is 4.99 Å². The van der Waals surface area contributed by atoms with Gasteiger partial charge in [-0.15, -0.1) is 0 Å². The highest BCUT2D eigenvalue weighted by Crippen LogP contribution is 2.29. The van der Waals surface area contributed by atoms with Crippen LogP contribution in [-0.2, 0) is 4.79 Å². The molecule has 84 valence electrons. The maximum Gasteiger partial charge on any atom is 0.252 e. The quantitative estimate of drug-likeness (QED) is 0.681. The van der Waals surface area contributed by atoms with Crippen molar-refractivity contribution in [2.75, 3.05) is 6.54 Å². The molecule has 1 spiro atoms. The lowest BCUT2D eigenvalue weighted by molar-refractivity contribution is -0.124. The van der Waals surface area contributed by atoms with Crippen LogP contribution < -0.4 is 10.6 Å². The molecule has 0 aromatic carbocycles. The Labute approximate surface area is 90.5 Å². The average Bonchev–Trinajstić information content (AvgIpc) is 2.40. The zero-order valence-electron chi connectivity index (χ0n) is 9.31. The molecule has 2 aliphatic rings. The van der Waals surface area contributed by atoms with Crippen LogP contribution in [0, 0.1) is 0 Å². The van der Waals surface area contributed by atoms with Gasteiger partial charge in [0.25, 0.3) is 5.91 Å². The molecule has 0 aromatic rings. The molecule has 0 bridgehead atoms. The van der Waals surface area contributed by atoms with Gasteiger partial charge in [0.2, 0.25) is 0 Å². The molecule has 0 atom stereocenters. The first kappa shape index (κ1) is 10.5. The Kier molecular flexibility index (Phi) is 2.93. The van der Waals surface area contributed by atoms with Crippen LogP contribution in [0.3, 0.4) is 0 Å². The maximum atomic E-state index is 11.9. The summed E-state index contributed by atoms with van der Waals surface area (Å²) in [7, 11) is 0. The third-order valence-corrected chi connectivity index (χ3v) is 3.30. The number of rotatable bonds is 1.